The molecule has 5 nitrogen and oxygen atoms in total. The van der Waals surface area contributed by atoms with Crippen LogP contribution in [0.4, 0.5) is 0 Å². The van der Waals surface area contributed by atoms with Crippen molar-refractivity contribution in [2.75, 3.05) is 19.8 Å². The SMILES string of the molecule is Brc1cccc2nnc(C3COCCN3)n12. The van der Waals surface area contributed by atoms with Gasteiger partial charge in [-0.25, -0.2) is 0 Å². The number of nitrogens with zero attached hydrogens (tertiary/aromatic N) is 3. The molecule has 2 aromatic heterocycles. The molecule has 16 heavy (non-hydrogen) atoms. The van der Waals surface area contributed by atoms with Crippen molar-refractivity contribution in [1.82, 2.24) is 19.9 Å². The summed E-state index contributed by atoms with van der Waals surface area (Å²) in [6.45, 7) is 2.25. The monoisotopic (exact) mass is 282 g/mol. The number of hydrogen-bond donors (Lipinski definition) is 1. The summed E-state index contributed by atoms with van der Waals surface area (Å²) in [6.07, 6.45) is 0. The molecule has 1 N–H and O–H groups in total. The summed E-state index contributed by atoms with van der Waals surface area (Å²) in [6, 6.07) is 5.97. The molecule has 2 aromatic rings. The molecule has 1 saturated heterocycles. The molecule has 3 rings (SSSR count). The Morgan fingerprint density at radius 2 is 2.38 bits per heavy atom. The maximum Gasteiger partial charge on any atom is 0.161 e. The molecule has 0 aliphatic carbocycles. The average Bonchev–Trinajstić information content (AvgIpc) is 2.75. The highest BCUT2D eigenvalue weighted by atomic mass is 79.9. The van der Waals surface area contributed by atoms with Gasteiger partial charge in [-0.2, -0.15) is 0 Å². The minimum absolute atomic E-state index is 0.113. The summed E-state index contributed by atoms with van der Waals surface area (Å²) < 4.78 is 8.38. The van der Waals surface area contributed by atoms with E-state index in [2.05, 4.69) is 31.4 Å². The first-order valence-corrected chi connectivity index (χ1v) is 5.96. The van der Waals surface area contributed by atoms with Crippen LogP contribution in [0.5, 0.6) is 0 Å². The lowest BCUT2D eigenvalue weighted by atomic mass is 10.2. The molecular formula is C10H11BrN4O. The number of aromatic nitrogens is 3. The van der Waals surface area contributed by atoms with Crippen molar-refractivity contribution in [1.29, 1.82) is 0 Å². The van der Waals surface area contributed by atoms with E-state index in [1.54, 1.807) is 0 Å². The molecule has 3 heterocycles. The Hall–Kier alpha value is -0.980. The maximum atomic E-state index is 5.44. The first-order chi connectivity index (χ1) is 7.86. The maximum absolute atomic E-state index is 5.44. The zero-order valence-electron chi connectivity index (χ0n) is 8.56. The van der Waals surface area contributed by atoms with Gasteiger partial charge in [0.15, 0.2) is 11.5 Å². The average molecular weight is 283 g/mol. The lowest BCUT2D eigenvalue weighted by Crippen LogP contribution is -2.35. The standard InChI is InChI=1S/C10H11BrN4O/c11-8-2-1-3-9-13-14-10(15(8)9)7-6-16-5-4-12-7/h1-3,7,12H,4-6H2. The van der Waals surface area contributed by atoms with Gasteiger partial charge in [0, 0.05) is 6.54 Å². The highest BCUT2D eigenvalue weighted by Crippen LogP contribution is 2.19. The van der Waals surface area contributed by atoms with Crippen LogP contribution in [-0.4, -0.2) is 34.4 Å². The number of halogens is 1. The molecule has 6 heteroatoms. The molecule has 84 valence electrons. The fraction of sp³-hybridized carbons (Fsp3) is 0.400. The van der Waals surface area contributed by atoms with Gasteiger partial charge in [0.2, 0.25) is 0 Å². The number of fused-ring (bicyclic) bond motifs is 1. The second kappa shape index (κ2) is 4.12. The predicted molar refractivity (Wildman–Crippen MR) is 62.2 cm³/mol. The molecule has 0 saturated carbocycles. The van der Waals surface area contributed by atoms with E-state index in [-0.39, 0.29) is 6.04 Å². The largest absolute Gasteiger partial charge is 0.378 e. The van der Waals surface area contributed by atoms with E-state index in [9.17, 15) is 0 Å². The zero-order chi connectivity index (χ0) is 11.0. The quantitative estimate of drug-likeness (QED) is 0.798. The first-order valence-electron chi connectivity index (χ1n) is 5.17. The number of hydrogen-bond acceptors (Lipinski definition) is 4. The molecule has 1 atom stereocenters. The van der Waals surface area contributed by atoms with Gasteiger partial charge in [0.05, 0.1) is 23.9 Å². The van der Waals surface area contributed by atoms with Crippen LogP contribution in [0, 0.1) is 0 Å². The van der Waals surface area contributed by atoms with Crippen molar-refractivity contribution in [3.8, 4) is 0 Å². The van der Waals surface area contributed by atoms with Crippen LogP contribution >= 0.6 is 15.9 Å². The minimum atomic E-state index is 0.113. The van der Waals surface area contributed by atoms with Crippen LogP contribution in [0.2, 0.25) is 0 Å². The van der Waals surface area contributed by atoms with Crippen molar-refractivity contribution < 1.29 is 4.74 Å². The number of pyridine rings is 1. The molecule has 0 amide bonds. The highest BCUT2D eigenvalue weighted by Gasteiger charge is 2.21. The van der Waals surface area contributed by atoms with Crippen molar-refractivity contribution in [2.45, 2.75) is 6.04 Å². The van der Waals surface area contributed by atoms with Crippen molar-refractivity contribution >= 4 is 21.6 Å². The highest BCUT2D eigenvalue weighted by molar-refractivity contribution is 9.10. The number of morpholine rings is 1. The normalized spacial score (nSPS) is 21.4. The minimum Gasteiger partial charge on any atom is -0.378 e. The summed E-state index contributed by atoms with van der Waals surface area (Å²) in [5, 5.41) is 11.7. The molecule has 1 fully saturated rings. The topological polar surface area (TPSA) is 51.5 Å². The van der Waals surface area contributed by atoms with Gasteiger partial charge in [-0.15, -0.1) is 10.2 Å². The van der Waals surface area contributed by atoms with E-state index in [0.29, 0.717) is 6.61 Å². The van der Waals surface area contributed by atoms with Gasteiger partial charge in [0.1, 0.15) is 0 Å². The van der Waals surface area contributed by atoms with Crippen LogP contribution in [-0.2, 0) is 4.74 Å². The fourth-order valence-electron chi connectivity index (χ4n) is 1.88. The Labute approximate surface area is 101 Å². The fourth-order valence-corrected chi connectivity index (χ4v) is 2.40. The van der Waals surface area contributed by atoms with Crippen LogP contribution < -0.4 is 5.32 Å². The third kappa shape index (κ3) is 1.63. The van der Waals surface area contributed by atoms with Gasteiger partial charge in [0.25, 0.3) is 0 Å². The number of rotatable bonds is 1. The van der Waals surface area contributed by atoms with E-state index < -0.39 is 0 Å². The first kappa shape index (κ1) is 10.2. The van der Waals surface area contributed by atoms with Gasteiger partial charge >= 0.3 is 0 Å². The van der Waals surface area contributed by atoms with Gasteiger partial charge in [-0.05, 0) is 28.1 Å². The van der Waals surface area contributed by atoms with Gasteiger partial charge in [-0.3, -0.25) is 4.40 Å². The Morgan fingerprint density at radius 1 is 1.44 bits per heavy atom. The summed E-state index contributed by atoms with van der Waals surface area (Å²) in [7, 11) is 0. The van der Waals surface area contributed by atoms with Crippen molar-refractivity contribution in [3.63, 3.8) is 0 Å². The van der Waals surface area contributed by atoms with Crippen LogP contribution in [0.1, 0.15) is 11.9 Å². The number of nitrogens with one attached hydrogen (secondary N) is 1. The lowest BCUT2D eigenvalue weighted by molar-refractivity contribution is 0.0738. The second-order valence-electron chi connectivity index (χ2n) is 3.68. The Kier molecular flexibility index (Phi) is 2.62. The molecule has 1 aliphatic heterocycles. The molecule has 0 spiro atoms. The Bertz CT molecular complexity index is 506. The summed E-state index contributed by atoms with van der Waals surface area (Å²) in [5.41, 5.74) is 0.844. The molecule has 0 aromatic carbocycles. The van der Waals surface area contributed by atoms with Crippen LogP contribution in [0.15, 0.2) is 22.8 Å². The molecule has 1 unspecified atom stereocenters. The van der Waals surface area contributed by atoms with Crippen molar-refractivity contribution in [2.24, 2.45) is 0 Å². The second-order valence-corrected chi connectivity index (χ2v) is 4.49. The lowest BCUT2D eigenvalue weighted by Gasteiger charge is -2.22. The number of ether oxygens (including phenoxy) is 1. The van der Waals surface area contributed by atoms with Gasteiger partial charge in [-0.1, -0.05) is 6.07 Å². The van der Waals surface area contributed by atoms with E-state index >= 15 is 0 Å². The molecule has 0 radical (unpaired) electrons. The third-order valence-electron chi connectivity index (χ3n) is 2.64. The van der Waals surface area contributed by atoms with E-state index in [4.69, 9.17) is 4.74 Å². The van der Waals surface area contributed by atoms with Crippen molar-refractivity contribution in [3.05, 3.63) is 28.6 Å². The summed E-state index contributed by atoms with van der Waals surface area (Å²) >= 11 is 3.51. The van der Waals surface area contributed by atoms with Gasteiger partial charge < -0.3 is 10.1 Å². The summed E-state index contributed by atoms with van der Waals surface area (Å²) in [4.78, 5) is 0. The Morgan fingerprint density at radius 3 is 3.19 bits per heavy atom. The van der Waals surface area contributed by atoms with E-state index in [1.807, 2.05) is 22.6 Å². The summed E-state index contributed by atoms with van der Waals surface area (Å²) in [5.74, 6) is 0.891. The Balaban J connectivity index is 2.09. The van der Waals surface area contributed by atoms with Crippen LogP contribution in [0.25, 0.3) is 5.65 Å². The van der Waals surface area contributed by atoms with E-state index in [1.165, 1.54) is 0 Å². The zero-order valence-corrected chi connectivity index (χ0v) is 10.1. The predicted octanol–water partition coefficient (Wildman–Crippen LogP) is 1.15. The molecule has 0 bridgehead atoms. The molecular weight excluding hydrogens is 272 g/mol. The third-order valence-corrected chi connectivity index (χ3v) is 3.26. The molecule has 1 aliphatic rings. The van der Waals surface area contributed by atoms with E-state index in [0.717, 1.165) is 29.2 Å². The smallest absolute Gasteiger partial charge is 0.161 e. The van der Waals surface area contributed by atoms with Crippen LogP contribution in [0.3, 0.4) is 0 Å².